The van der Waals surface area contributed by atoms with Gasteiger partial charge in [-0.1, -0.05) is 18.2 Å². The Balaban J connectivity index is 1.87. The summed E-state index contributed by atoms with van der Waals surface area (Å²) in [5.41, 5.74) is 11.0. The number of rotatable bonds is 10. The normalized spacial score (nSPS) is 12.1. The maximum absolute atomic E-state index is 5.66. The summed E-state index contributed by atoms with van der Waals surface area (Å²) in [7, 11) is 3.71. The summed E-state index contributed by atoms with van der Waals surface area (Å²) in [4.78, 5) is 4.92. The van der Waals surface area contributed by atoms with Gasteiger partial charge < -0.3 is 21.1 Å². The van der Waals surface area contributed by atoms with Gasteiger partial charge in [0, 0.05) is 29.2 Å². The zero-order valence-electron chi connectivity index (χ0n) is 17.7. The molecule has 154 valence electrons. The van der Waals surface area contributed by atoms with E-state index in [1.165, 1.54) is 0 Å². The molecule has 0 amide bonds. The first-order valence-corrected chi connectivity index (χ1v) is 10.3. The average molecular weight is 393 g/mol. The molecule has 3 rings (SSSR count). The first kappa shape index (κ1) is 21.1. The summed E-state index contributed by atoms with van der Waals surface area (Å²) >= 11 is 0. The minimum Gasteiger partial charge on any atom is -0.497 e. The lowest BCUT2D eigenvalue weighted by Crippen LogP contribution is -2.28. The van der Waals surface area contributed by atoms with E-state index in [1.54, 1.807) is 7.11 Å². The van der Waals surface area contributed by atoms with Crippen molar-refractivity contribution in [2.24, 2.45) is 5.73 Å². The lowest BCUT2D eigenvalue weighted by molar-refractivity contribution is 0.414. The number of methoxy groups -OCH3 is 1. The Kier molecular flexibility index (Phi) is 7.44. The lowest BCUT2D eigenvalue weighted by Gasteiger charge is -2.18. The van der Waals surface area contributed by atoms with Gasteiger partial charge in [-0.15, -0.1) is 0 Å². The number of aryl methyl sites for hydroxylation is 1. The number of aromatic nitrogens is 1. The topological polar surface area (TPSA) is 72.2 Å². The molecule has 0 saturated heterocycles. The third-order valence-corrected chi connectivity index (χ3v) is 5.40. The molecule has 4 N–H and O–H groups in total. The van der Waals surface area contributed by atoms with Gasteiger partial charge in [0.2, 0.25) is 0 Å². The van der Waals surface area contributed by atoms with Gasteiger partial charge in [-0.3, -0.25) is 0 Å². The second kappa shape index (κ2) is 10.2. The van der Waals surface area contributed by atoms with E-state index >= 15 is 0 Å². The summed E-state index contributed by atoms with van der Waals surface area (Å²) in [5, 5.41) is 8.19. The molecule has 1 heterocycles. The van der Waals surface area contributed by atoms with Crippen molar-refractivity contribution in [1.29, 1.82) is 0 Å². The van der Waals surface area contributed by atoms with Gasteiger partial charge in [0.25, 0.3) is 0 Å². The van der Waals surface area contributed by atoms with E-state index in [9.17, 15) is 0 Å². The zero-order chi connectivity index (χ0) is 20.6. The van der Waals surface area contributed by atoms with Crippen LogP contribution >= 0.6 is 0 Å². The van der Waals surface area contributed by atoms with Crippen molar-refractivity contribution in [2.75, 3.05) is 32.6 Å². The largest absolute Gasteiger partial charge is 0.497 e. The fourth-order valence-corrected chi connectivity index (χ4v) is 3.69. The fraction of sp³-hybridized carbons (Fsp3) is 0.375. The van der Waals surface area contributed by atoms with Crippen LogP contribution in [0.1, 0.15) is 24.8 Å². The molecule has 0 fully saturated rings. The summed E-state index contributed by atoms with van der Waals surface area (Å²) in [6, 6.07) is 17.0. The quantitative estimate of drug-likeness (QED) is 0.478. The van der Waals surface area contributed by atoms with E-state index in [1.807, 2.05) is 25.2 Å². The monoisotopic (exact) mass is 392 g/mol. The predicted molar refractivity (Wildman–Crippen MR) is 123 cm³/mol. The van der Waals surface area contributed by atoms with E-state index in [4.69, 9.17) is 15.5 Å². The number of nitrogens with zero attached hydrogens (tertiary/aromatic N) is 1. The van der Waals surface area contributed by atoms with Gasteiger partial charge in [-0.05, 0) is 75.7 Å². The number of nitrogens with one attached hydrogen (secondary N) is 2. The van der Waals surface area contributed by atoms with Crippen molar-refractivity contribution in [2.45, 2.75) is 32.2 Å². The van der Waals surface area contributed by atoms with Crippen LogP contribution in [-0.4, -0.2) is 38.3 Å². The second-order valence-corrected chi connectivity index (χ2v) is 7.39. The summed E-state index contributed by atoms with van der Waals surface area (Å²) < 4.78 is 5.35. The molecular formula is C24H32N4O. The third kappa shape index (κ3) is 5.25. The Labute approximate surface area is 173 Å². The Bertz CT molecular complexity index is 941. The van der Waals surface area contributed by atoms with Crippen LogP contribution in [-0.2, 0) is 0 Å². The van der Waals surface area contributed by atoms with Crippen LogP contribution < -0.4 is 21.1 Å². The number of ether oxygens (including phenoxy) is 1. The molecule has 1 aromatic heterocycles. The Hall–Kier alpha value is -2.63. The average Bonchev–Trinajstić information content (AvgIpc) is 2.75. The van der Waals surface area contributed by atoms with Gasteiger partial charge >= 0.3 is 0 Å². The van der Waals surface area contributed by atoms with Crippen LogP contribution in [0.3, 0.4) is 0 Å². The van der Waals surface area contributed by atoms with Gasteiger partial charge in [0.15, 0.2) is 0 Å². The highest BCUT2D eigenvalue weighted by Gasteiger charge is 2.11. The molecule has 5 nitrogen and oxygen atoms in total. The molecule has 5 heteroatoms. The standard InChI is InChI=1S/C24H32N4O/c1-17-15-19(29-3)10-11-20(17)24-16-23(21-8-4-5-9-22(21)28-24)27-14-12-18(26-2)7-6-13-25/h4-5,8-11,15-16,18,26H,6-7,12-14,25H2,1-3H3,(H,27,28). The fourth-order valence-electron chi connectivity index (χ4n) is 3.69. The maximum Gasteiger partial charge on any atom is 0.119 e. The minimum absolute atomic E-state index is 0.474. The highest BCUT2D eigenvalue weighted by atomic mass is 16.5. The van der Waals surface area contributed by atoms with Gasteiger partial charge in [0.1, 0.15) is 5.75 Å². The Morgan fingerprint density at radius 1 is 1.10 bits per heavy atom. The van der Waals surface area contributed by atoms with Crippen molar-refractivity contribution in [3.8, 4) is 17.0 Å². The molecule has 0 spiro atoms. The first-order valence-electron chi connectivity index (χ1n) is 10.3. The second-order valence-electron chi connectivity index (χ2n) is 7.39. The number of pyridine rings is 1. The Morgan fingerprint density at radius 3 is 2.66 bits per heavy atom. The maximum atomic E-state index is 5.66. The molecule has 0 bridgehead atoms. The van der Waals surface area contributed by atoms with Crippen molar-refractivity contribution in [1.82, 2.24) is 10.3 Å². The SMILES string of the molecule is CNC(CCCN)CCNc1cc(-c2ccc(OC)cc2C)nc2ccccc12. The van der Waals surface area contributed by atoms with Crippen LogP contribution in [0.5, 0.6) is 5.75 Å². The molecular weight excluding hydrogens is 360 g/mol. The van der Waals surface area contributed by atoms with Gasteiger partial charge in [0.05, 0.1) is 18.3 Å². The number of para-hydroxylation sites is 1. The molecule has 0 aliphatic carbocycles. The minimum atomic E-state index is 0.474. The van der Waals surface area contributed by atoms with Crippen molar-refractivity contribution < 1.29 is 4.74 Å². The van der Waals surface area contributed by atoms with Crippen LogP contribution in [0.2, 0.25) is 0 Å². The number of benzene rings is 2. The van der Waals surface area contributed by atoms with Crippen molar-refractivity contribution >= 4 is 16.6 Å². The molecule has 1 atom stereocenters. The molecule has 3 aromatic rings. The van der Waals surface area contributed by atoms with Gasteiger partial charge in [-0.2, -0.15) is 0 Å². The molecule has 2 aromatic carbocycles. The van der Waals surface area contributed by atoms with Crippen molar-refractivity contribution in [3.63, 3.8) is 0 Å². The number of anilines is 1. The molecule has 0 aliphatic heterocycles. The van der Waals surface area contributed by atoms with E-state index in [0.717, 1.165) is 71.5 Å². The van der Waals surface area contributed by atoms with E-state index in [-0.39, 0.29) is 0 Å². The van der Waals surface area contributed by atoms with Crippen LogP contribution in [0, 0.1) is 6.92 Å². The Morgan fingerprint density at radius 2 is 1.93 bits per heavy atom. The lowest BCUT2D eigenvalue weighted by atomic mass is 10.0. The van der Waals surface area contributed by atoms with Crippen LogP contribution in [0.15, 0.2) is 48.5 Å². The molecule has 0 saturated carbocycles. The van der Waals surface area contributed by atoms with E-state index < -0.39 is 0 Å². The van der Waals surface area contributed by atoms with Crippen LogP contribution in [0.25, 0.3) is 22.2 Å². The molecule has 0 aliphatic rings. The smallest absolute Gasteiger partial charge is 0.119 e. The van der Waals surface area contributed by atoms with Crippen LogP contribution in [0.4, 0.5) is 5.69 Å². The molecule has 29 heavy (non-hydrogen) atoms. The number of nitrogens with two attached hydrogens (primary N) is 1. The zero-order valence-corrected chi connectivity index (χ0v) is 17.7. The van der Waals surface area contributed by atoms with E-state index in [2.05, 4.69) is 47.9 Å². The molecule has 0 radical (unpaired) electrons. The third-order valence-electron chi connectivity index (χ3n) is 5.40. The van der Waals surface area contributed by atoms with Gasteiger partial charge in [-0.25, -0.2) is 4.98 Å². The number of fused-ring (bicyclic) bond motifs is 1. The number of hydrogen-bond acceptors (Lipinski definition) is 5. The van der Waals surface area contributed by atoms with Crippen molar-refractivity contribution in [3.05, 3.63) is 54.1 Å². The number of hydrogen-bond donors (Lipinski definition) is 3. The van der Waals surface area contributed by atoms with E-state index in [0.29, 0.717) is 6.04 Å². The first-order chi connectivity index (χ1) is 14.2. The summed E-state index contributed by atoms with van der Waals surface area (Å²) in [6.45, 7) is 3.73. The summed E-state index contributed by atoms with van der Waals surface area (Å²) in [6.07, 6.45) is 3.19. The predicted octanol–water partition coefficient (Wildman–Crippen LogP) is 4.35. The highest BCUT2D eigenvalue weighted by Crippen LogP contribution is 2.31. The summed E-state index contributed by atoms with van der Waals surface area (Å²) in [5.74, 6) is 0.862. The molecule has 1 unspecified atom stereocenters. The highest BCUT2D eigenvalue weighted by molar-refractivity contribution is 5.94.